The van der Waals surface area contributed by atoms with Crippen molar-refractivity contribution in [2.75, 3.05) is 13.2 Å². The minimum absolute atomic E-state index is 0.0140. The number of hydrogen-bond donors (Lipinski definition) is 1. The number of aromatic nitrogens is 2. The van der Waals surface area contributed by atoms with Crippen molar-refractivity contribution in [3.63, 3.8) is 0 Å². The Kier molecular flexibility index (Phi) is 8.42. The highest BCUT2D eigenvalue weighted by Gasteiger charge is 2.12. The van der Waals surface area contributed by atoms with Gasteiger partial charge in [0.15, 0.2) is 0 Å². The Labute approximate surface area is 214 Å². The summed E-state index contributed by atoms with van der Waals surface area (Å²) in [5.41, 5.74) is 6.32. The van der Waals surface area contributed by atoms with Gasteiger partial charge in [0.05, 0.1) is 17.6 Å². The Morgan fingerprint density at radius 3 is 2.58 bits per heavy atom. The second-order valence-corrected chi connectivity index (χ2v) is 9.74. The van der Waals surface area contributed by atoms with E-state index in [-0.39, 0.29) is 5.91 Å². The Morgan fingerprint density at radius 1 is 1.00 bits per heavy atom. The molecule has 5 nitrogen and oxygen atoms in total. The van der Waals surface area contributed by atoms with Gasteiger partial charge in [0.25, 0.3) is 5.91 Å². The fourth-order valence-corrected chi connectivity index (χ4v) is 4.67. The predicted octanol–water partition coefficient (Wildman–Crippen LogP) is 6.61. The zero-order valence-corrected chi connectivity index (χ0v) is 21.9. The molecular weight excluding hydrogens is 446 g/mol. The molecule has 0 aliphatic heterocycles. The fourth-order valence-electron chi connectivity index (χ4n) is 4.67. The molecule has 0 bridgehead atoms. The zero-order valence-electron chi connectivity index (χ0n) is 21.9. The molecule has 0 aliphatic carbocycles. The fraction of sp³-hybridized carbons (Fsp3) is 0.355. The van der Waals surface area contributed by atoms with Gasteiger partial charge < -0.3 is 14.6 Å². The highest BCUT2D eigenvalue weighted by molar-refractivity contribution is 5.95. The number of hydrogen-bond acceptors (Lipinski definition) is 3. The summed E-state index contributed by atoms with van der Waals surface area (Å²) >= 11 is 0. The minimum Gasteiger partial charge on any atom is -0.493 e. The average Bonchev–Trinajstić information content (AvgIpc) is 3.21. The van der Waals surface area contributed by atoms with Gasteiger partial charge in [-0.1, -0.05) is 61.9 Å². The first-order valence-corrected chi connectivity index (χ1v) is 13.0. The first-order chi connectivity index (χ1) is 17.4. The molecule has 0 atom stereocenters. The smallest absolute Gasteiger partial charge is 0.251 e. The zero-order chi connectivity index (χ0) is 25.5. The molecule has 4 rings (SSSR count). The van der Waals surface area contributed by atoms with Crippen LogP contribution in [0.3, 0.4) is 0 Å². The van der Waals surface area contributed by atoms with Crippen molar-refractivity contribution in [2.45, 2.75) is 59.4 Å². The van der Waals surface area contributed by atoms with Crippen molar-refractivity contribution < 1.29 is 9.53 Å². The molecule has 0 unspecified atom stereocenters. The number of imidazole rings is 1. The molecule has 1 N–H and O–H groups in total. The average molecular weight is 484 g/mol. The van der Waals surface area contributed by atoms with Gasteiger partial charge in [0.2, 0.25) is 0 Å². The monoisotopic (exact) mass is 483 g/mol. The number of benzene rings is 3. The van der Waals surface area contributed by atoms with Crippen LogP contribution < -0.4 is 10.1 Å². The summed E-state index contributed by atoms with van der Waals surface area (Å²) in [4.78, 5) is 17.5. The lowest BCUT2D eigenvalue weighted by Gasteiger charge is -2.14. The lowest BCUT2D eigenvalue weighted by molar-refractivity contribution is 0.0952. The first-order valence-electron chi connectivity index (χ1n) is 13.0. The summed E-state index contributed by atoms with van der Waals surface area (Å²) in [6, 6.07) is 22.5. The molecule has 188 valence electrons. The Morgan fingerprint density at radius 2 is 1.78 bits per heavy atom. The van der Waals surface area contributed by atoms with Crippen molar-refractivity contribution in [1.82, 2.24) is 14.9 Å². The maximum atomic E-state index is 12.6. The van der Waals surface area contributed by atoms with Gasteiger partial charge in [0, 0.05) is 25.1 Å². The van der Waals surface area contributed by atoms with E-state index in [2.05, 4.69) is 60.1 Å². The van der Waals surface area contributed by atoms with Gasteiger partial charge in [-0.25, -0.2) is 4.98 Å². The molecule has 1 heterocycles. The summed E-state index contributed by atoms with van der Waals surface area (Å²) in [5.74, 6) is 2.45. The number of carbonyl (C=O) groups excluding carboxylic acids is 1. The van der Waals surface area contributed by atoms with Crippen LogP contribution in [0.25, 0.3) is 11.0 Å². The molecule has 0 saturated carbocycles. The van der Waals surface area contributed by atoms with Crippen LogP contribution in [0.2, 0.25) is 0 Å². The maximum Gasteiger partial charge on any atom is 0.251 e. The topological polar surface area (TPSA) is 56.2 Å². The number of nitrogens with zero attached hydrogens (tertiary/aromatic N) is 2. The predicted molar refractivity (Wildman–Crippen MR) is 147 cm³/mol. The van der Waals surface area contributed by atoms with Crippen LogP contribution in [0.4, 0.5) is 0 Å². The van der Waals surface area contributed by atoms with Crippen molar-refractivity contribution in [2.24, 2.45) is 0 Å². The normalized spacial score (nSPS) is 11.2. The Balaban J connectivity index is 1.35. The van der Waals surface area contributed by atoms with E-state index in [1.165, 1.54) is 5.56 Å². The van der Waals surface area contributed by atoms with Crippen molar-refractivity contribution >= 4 is 16.9 Å². The molecule has 0 spiro atoms. The molecule has 1 aromatic heterocycles. The van der Waals surface area contributed by atoms with Gasteiger partial charge >= 0.3 is 0 Å². The van der Waals surface area contributed by atoms with Crippen LogP contribution in [0.1, 0.15) is 65.5 Å². The van der Waals surface area contributed by atoms with Crippen molar-refractivity contribution in [1.29, 1.82) is 0 Å². The highest BCUT2D eigenvalue weighted by Crippen LogP contribution is 2.26. The summed E-state index contributed by atoms with van der Waals surface area (Å²) in [5, 5.41) is 3.07. The second-order valence-electron chi connectivity index (χ2n) is 9.74. The lowest BCUT2D eigenvalue weighted by atomic mass is 10.0. The number of nitrogens with one attached hydrogen (secondary N) is 1. The van der Waals surface area contributed by atoms with Gasteiger partial charge in [-0.3, -0.25) is 4.79 Å². The van der Waals surface area contributed by atoms with E-state index in [0.717, 1.165) is 65.1 Å². The summed E-state index contributed by atoms with van der Waals surface area (Å²) in [6.07, 6.45) is 2.53. The van der Waals surface area contributed by atoms with E-state index in [0.29, 0.717) is 19.1 Å². The van der Waals surface area contributed by atoms with Crippen molar-refractivity contribution in [3.05, 3.63) is 94.8 Å². The molecule has 3 aromatic carbocycles. The van der Waals surface area contributed by atoms with E-state index in [9.17, 15) is 4.79 Å². The van der Waals surface area contributed by atoms with E-state index in [1.807, 2.05) is 44.2 Å². The largest absolute Gasteiger partial charge is 0.493 e. The lowest BCUT2D eigenvalue weighted by Crippen LogP contribution is -2.25. The van der Waals surface area contributed by atoms with Gasteiger partial charge in [0.1, 0.15) is 11.6 Å². The third kappa shape index (κ3) is 6.14. The van der Waals surface area contributed by atoms with E-state index in [1.54, 1.807) is 0 Å². The number of carbonyl (C=O) groups is 1. The van der Waals surface area contributed by atoms with Crippen LogP contribution in [0.5, 0.6) is 5.75 Å². The van der Waals surface area contributed by atoms with E-state index >= 15 is 0 Å². The number of amides is 1. The van der Waals surface area contributed by atoms with Crippen molar-refractivity contribution in [3.8, 4) is 5.75 Å². The number of aryl methyl sites for hydroxylation is 4. The van der Waals surface area contributed by atoms with Crippen LogP contribution in [0.15, 0.2) is 66.7 Å². The Bertz CT molecular complexity index is 1320. The quantitative estimate of drug-likeness (QED) is 0.244. The third-order valence-corrected chi connectivity index (χ3v) is 6.55. The second kappa shape index (κ2) is 11.9. The number of rotatable bonds is 11. The van der Waals surface area contributed by atoms with Crippen LogP contribution >= 0.6 is 0 Å². The van der Waals surface area contributed by atoms with Crippen LogP contribution in [-0.4, -0.2) is 28.6 Å². The third-order valence-electron chi connectivity index (χ3n) is 6.55. The molecular formula is C31H37N3O2. The molecule has 36 heavy (non-hydrogen) atoms. The number of para-hydroxylation sites is 3. The standard InChI is InChI=1S/C31H37N3O2/c1-22(2)25-11-5-8-14-29(25)36-20-10-19-34-28-13-7-6-12-27(28)33-30(34)15-9-18-32-31(35)26-17-16-23(3)21-24(26)4/h5-8,11-14,16-17,21-22H,9-10,15,18-20H2,1-4H3,(H,32,35). The van der Waals surface area contributed by atoms with Gasteiger partial charge in [-0.15, -0.1) is 0 Å². The molecule has 4 aromatic rings. The molecule has 0 aliphatic rings. The van der Waals surface area contributed by atoms with E-state index < -0.39 is 0 Å². The van der Waals surface area contributed by atoms with Crippen LogP contribution in [0, 0.1) is 13.8 Å². The Hall–Kier alpha value is -3.60. The van der Waals surface area contributed by atoms with E-state index in [4.69, 9.17) is 9.72 Å². The first kappa shape index (κ1) is 25.5. The van der Waals surface area contributed by atoms with Gasteiger partial charge in [-0.2, -0.15) is 0 Å². The molecule has 0 radical (unpaired) electrons. The molecule has 5 heteroatoms. The SMILES string of the molecule is Cc1ccc(C(=O)NCCCc2nc3ccccc3n2CCCOc2ccccc2C(C)C)c(C)c1. The molecule has 0 saturated heterocycles. The van der Waals surface area contributed by atoms with Gasteiger partial charge in [-0.05, 0) is 68.0 Å². The number of fused-ring (bicyclic) bond motifs is 1. The number of ether oxygens (including phenoxy) is 1. The molecule has 0 fully saturated rings. The summed E-state index contributed by atoms with van der Waals surface area (Å²) in [7, 11) is 0. The maximum absolute atomic E-state index is 12.6. The summed E-state index contributed by atoms with van der Waals surface area (Å²) in [6.45, 7) is 10.5. The summed E-state index contributed by atoms with van der Waals surface area (Å²) < 4.78 is 8.46. The van der Waals surface area contributed by atoms with Crippen LogP contribution in [-0.2, 0) is 13.0 Å². The highest BCUT2D eigenvalue weighted by atomic mass is 16.5. The molecule has 1 amide bonds. The minimum atomic E-state index is -0.0140.